The van der Waals surface area contributed by atoms with Crippen LogP contribution in [0.2, 0.25) is 0 Å². The van der Waals surface area contributed by atoms with E-state index in [4.69, 9.17) is 15.2 Å². The van der Waals surface area contributed by atoms with Crippen LogP contribution in [-0.2, 0) is 20.7 Å². The molecule has 1 aromatic rings. The minimum absolute atomic E-state index is 0. The summed E-state index contributed by atoms with van der Waals surface area (Å²) in [6.45, 7) is 3.90. The fraction of sp³-hybridized carbons (Fsp3) is 0.562. The SMILES string of the molecule is CC(COC1CCOC1)NC(=O)CCc1ccccc1N.Cl. The Labute approximate surface area is 138 Å². The molecule has 3 N–H and O–H groups in total. The van der Waals surface area contributed by atoms with Crippen LogP contribution in [0.25, 0.3) is 0 Å². The number of anilines is 1. The van der Waals surface area contributed by atoms with E-state index in [1.54, 1.807) is 0 Å². The highest BCUT2D eigenvalue weighted by atomic mass is 35.5. The van der Waals surface area contributed by atoms with Crippen molar-refractivity contribution in [3.05, 3.63) is 29.8 Å². The van der Waals surface area contributed by atoms with Gasteiger partial charge in [0.2, 0.25) is 5.91 Å². The first-order chi connectivity index (χ1) is 10.1. The number of carbonyl (C=O) groups excluding carboxylic acids is 1. The molecule has 0 bridgehead atoms. The molecule has 2 rings (SSSR count). The average molecular weight is 329 g/mol. The zero-order valence-corrected chi connectivity index (χ0v) is 13.7. The van der Waals surface area contributed by atoms with E-state index < -0.39 is 0 Å². The molecule has 1 heterocycles. The fourth-order valence-electron chi connectivity index (χ4n) is 2.32. The third-order valence-corrected chi connectivity index (χ3v) is 3.55. The van der Waals surface area contributed by atoms with Crippen LogP contribution in [0.1, 0.15) is 25.3 Å². The molecule has 1 saturated heterocycles. The Bertz CT molecular complexity index is 464. The number of ether oxygens (including phenoxy) is 2. The van der Waals surface area contributed by atoms with Crippen molar-refractivity contribution >= 4 is 24.0 Å². The molecule has 6 heteroatoms. The lowest BCUT2D eigenvalue weighted by atomic mass is 10.1. The lowest BCUT2D eigenvalue weighted by Gasteiger charge is -2.17. The van der Waals surface area contributed by atoms with Crippen molar-refractivity contribution in [2.24, 2.45) is 0 Å². The first kappa shape index (κ1) is 18.7. The van der Waals surface area contributed by atoms with Gasteiger partial charge in [-0.15, -0.1) is 12.4 Å². The molecule has 1 amide bonds. The molecule has 1 aliphatic rings. The highest BCUT2D eigenvalue weighted by Crippen LogP contribution is 2.12. The molecule has 0 saturated carbocycles. The number of hydrogen-bond donors (Lipinski definition) is 2. The maximum absolute atomic E-state index is 11.9. The van der Waals surface area contributed by atoms with Gasteiger partial charge in [0.25, 0.3) is 0 Å². The smallest absolute Gasteiger partial charge is 0.220 e. The van der Waals surface area contributed by atoms with E-state index >= 15 is 0 Å². The van der Waals surface area contributed by atoms with E-state index in [0.717, 1.165) is 24.3 Å². The van der Waals surface area contributed by atoms with Gasteiger partial charge in [-0.3, -0.25) is 4.79 Å². The lowest BCUT2D eigenvalue weighted by Crippen LogP contribution is -2.37. The Balaban J connectivity index is 0.00000242. The number of nitrogen functional groups attached to an aromatic ring is 1. The average Bonchev–Trinajstić information content (AvgIpc) is 2.97. The monoisotopic (exact) mass is 328 g/mol. The van der Waals surface area contributed by atoms with Crippen molar-refractivity contribution in [1.29, 1.82) is 0 Å². The molecule has 22 heavy (non-hydrogen) atoms. The number of aryl methyl sites for hydroxylation is 1. The minimum atomic E-state index is 0. The van der Waals surface area contributed by atoms with E-state index in [2.05, 4.69) is 5.32 Å². The van der Waals surface area contributed by atoms with Crippen molar-refractivity contribution in [2.75, 3.05) is 25.6 Å². The van der Waals surface area contributed by atoms with Crippen LogP contribution in [0, 0.1) is 0 Å². The van der Waals surface area contributed by atoms with Crippen LogP contribution >= 0.6 is 12.4 Å². The van der Waals surface area contributed by atoms with Gasteiger partial charge in [-0.1, -0.05) is 18.2 Å². The molecule has 0 aromatic heterocycles. The number of para-hydroxylation sites is 1. The number of hydrogen-bond acceptors (Lipinski definition) is 4. The second-order valence-electron chi connectivity index (χ2n) is 5.49. The summed E-state index contributed by atoms with van der Waals surface area (Å²) in [4.78, 5) is 11.9. The lowest BCUT2D eigenvalue weighted by molar-refractivity contribution is -0.122. The molecule has 124 valence electrons. The van der Waals surface area contributed by atoms with Crippen molar-refractivity contribution in [3.63, 3.8) is 0 Å². The number of halogens is 1. The van der Waals surface area contributed by atoms with Crippen LogP contribution in [0.5, 0.6) is 0 Å². The van der Waals surface area contributed by atoms with Crippen LogP contribution in [0.4, 0.5) is 5.69 Å². The van der Waals surface area contributed by atoms with Crippen molar-refractivity contribution in [2.45, 2.75) is 38.3 Å². The van der Waals surface area contributed by atoms with Gasteiger partial charge in [0.15, 0.2) is 0 Å². The second kappa shape index (κ2) is 9.66. The van der Waals surface area contributed by atoms with Crippen molar-refractivity contribution < 1.29 is 14.3 Å². The van der Waals surface area contributed by atoms with Crippen molar-refractivity contribution in [3.8, 4) is 0 Å². The van der Waals surface area contributed by atoms with E-state index in [1.165, 1.54) is 0 Å². The Morgan fingerprint density at radius 2 is 2.27 bits per heavy atom. The summed E-state index contributed by atoms with van der Waals surface area (Å²) in [7, 11) is 0. The van der Waals surface area contributed by atoms with Gasteiger partial charge in [-0.25, -0.2) is 0 Å². The van der Waals surface area contributed by atoms with Gasteiger partial charge in [0.1, 0.15) is 0 Å². The number of rotatable bonds is 7. The van der Waals surface area contributed by atoms with Gasteiger partial charge in [0.05, 0.1) is 19.3 Å². The zero-order valence-electron chi connectivity index (χ0n) is 12.9. The van der Waals surface area contributed by atoms with Crippen molar-refractivity contribution in [1.82, 2.24) is 5.32 Å². The van der Waals surface area contributed by atoms with Gasteiger partial charge in [-0.05, 0) is 31.4 Å². The first-order valence-electron chi connectivity index (χ1n) is 7.47. The Hall–Kier alpha value is -1.30. The summed E-state index contributed by atoms with van der Waals surface area (Å²) in [5, 5.41) is 2.95. The maximum atomic E-state index is 11.9. The van der Waals surface area contributed by atoms with Crippen LogP contribution < -0.4 is 11.1 Å². The van der Waals surface area contributed by atoms with Gasteiger partial charge < -0.3 is 20.5 Å². The van der Waals surface area contributed by atoms with Gasteiger partial charge >= 0.3 is 0 Å². The number of benzene rings is 1. The number of nitrogens with one attached hydrogen (secondary N) is 1. The molecule has 1 aromatic carbocycles. The zero-order chi connectivity index (χ0) is 15.1. The maximum Gasteiger partial charge on any atom is 0.220 e. The minimum Gasteiger partial charge on any atom is -0.399 e. The molecular formula is C16H25ClN2O3. The Morgan fingerprint density at radius 1 is 1.50 bits per heavy atom. The summed E-state index contributed by atoms with van der Waals surface area (Å²) in [6, 6.07) is 7.64. The summed E-state index contributed by atoms with van der Waals surface area (Å²) in [5.41, 5.74) is 7.61. The summed E-state index contributed by atoms with van der Waals surface area (Å²) in [5.74, 6) is 0.0250. The summed E-state index contributed by atoms with van der Waals surface area (Å²) >= 11 is 0. The number of carbonyl (C=O) groups is 1. The van der Waals surface area contributed by atoms with Crippen LogP contribution in [0.15, 0.2) is 24.3 Å². The highest BCUT2D eigenvalue weighted by molar-refractivity contribution is 5.85. The molecule has 0 radical (unpaired) electrons. The molecule has 0 spiro atoms. The molecule has 2 atom stereocenters. The fourth-order valence-corrected chi connectivity index (χ4v) is 2.32. The first-order valence-corrected chi connectivity index (χ1v) is 7.47. The van der Waals surface area contributed by atoms with Gasteiger partial charge in [-0.2, -0.15) is 0 Å². The van der Waals surface area contributed by atoms with E-state index in [-0.39, 0.29) is 30.5 Å². The molecule has 5 nitrogen and oxygen atoms in total. The van der Waals surface area contributed by atoms with Crippen LogP contribution in [-0.4, -0.2) is 37.9 Å². The summed E-state index contributed by atoms with van der Waals surface area (Å²) < 4.78 is 10.9. The molecule has 0 aliphatic carbocycles. The quantitative estimate of drug-likeness (QED) is 0.750. The Morgan fingerprint density at radius 3 is 2.95 bits per heavy atom. The van der Waals surface area contributed by atoms with E-state index in [1.807, 2.05) is 31.2 Å². The Kier molecular flexibility index (Phi) is 8.24. The number of amides is 1. The molecular weight excluding hydrogens is 304 g/mol. The van der Waals surface area contributed by atoms with E-state index in [9.17, 15) is 4.79 Å². The third kappa shape index (κ3) is 6.22. The number of nitrogens with two attached hydrogens (primary N) is 1. The second-order valence-corrected chi connectivity index (χ2v) is 5.49. The highest BCUT2D eigenvalue weighted by Gasteiger charge is 2.17. The molecule has 1 fully saturated rings. The normalized spacial score (nSPS) is 18.5. The third-order valence-electron chi connectivity index (χ3n) is 3.55. The standard InChI is InChI=1S/C16H24N2O3.ClH/c1-12(10-21-14-8-9-20-11-14)18-16(19)7-6-13-4-2-3-5-15(13)17;/h2-5,12,14H,6-11,17H2,1H3,(H,18,19);1H. The molecule has 2 unspecified atom stereocenters. The molecule has 1 aliphatic heterocycles. The van der Waals surface area contributed by atoms with Crippen LogP contribution in [0.3, 0.4) is 0 Å². The van der Waals surface area contributed by atoms with E-state index in [0.29, 0.717) is 26.1 Å². The predicted molar refractivity (Wildman–Crippen MR) is 89.2 cm³/mol. The topological polar surface area (TPSA) is 73.6 Å². The van der Waals surface area contributed by atoms with Gasteiger partial charge in [0, 0.05) is 24.8 Å². The summed E-state index contributed by atoms with van der Waals surface area (Å²) in [6.07, 6.45) is 2.20. The largest absolute Gasteiger partial charge is 0.399 e. The predicted octanol–water partition coefficient (Wildman–Crippen LogP) is 1.93.